The predicted molar refractivity (Wildman–Crippen MR) is 369 cm³/mol. The summed E-state index contributed by atoms with van der Waals surface area (Å²) in [5, 5.41) is 87.5. The second kappa shape index (κ2) is 60.8. The molecule has 0 aromatic heterocycles. The Bertz CT molecular complexity index is 1650. The Morgan fingerprint density at radius 1 is 0.389 bits per heavy atom. The van der Waals surface area contributed by atoms with E-state index >= 15 is 0 Å². The summed E-state index contributed by atoms with van der Waals surface area (Å²) in [6, 6.07) is -0.938. The van der Waals surface area contributed by atoms with Gasteiger partial charge in [-0.3, -0.25) is 4.79 Å². The normalized spacial score (nSPS) is 23.0. The molecule has 2 saturated heterocycles. The molecule has 0 spiro atoms. The summed E-state index contributed by atoms with van der Waals surface area (Å²) in [6.45, 7) is 2.84. The van der Waals surface area contributed by atoms with Crippen LogP contribution in [-0.2, 0) is 23.7 Å². The van der Waals surface area contributed by atoms with E-state index in [2.05, 4.69) is 43.5 Å². The molecular formula is C76H143NO13. The van der Waals surface area contributed by atoms with E-state index in [1.807, 2.05) is 6.08 Å². The number of ether oxygens (including phenoxy) is 4. The molecule has 0 radical (unpaired) electrons. The van der Waals surface area contributed by atoms with Crippen molar-refractivity contribution in [1.29, 1.82) is 0 Å². The molecule has 0 aliphatic carbocycles. The van der Waals surface area contributed by atoms with Gasteiger partial charge in [0.25, 0.3) is 0 Å². The van der Waals surface area contributed by atoms with E-state index in [1.54, 1.807) is 6.08 Å². The van der Waals surface area contributed by atoms with Crippen LogP contribution in [-0.4, -0.2) is 140 Å². The Morgan fingerprint density at radius 2 is 0.711 bits per heavy atom. The maximum atomic E-state index is 13.4. The highest BCUT2D eigenvalue weighted by atomic mass is 16.7. The molecule has 90 heavy (non-hydrogen) atoms. The van der Waals surface area contributed by atoms with E-state index in [-0.39, 0.29) is 18.9 Å². The highest BCUT2D eigenvalue weighted by Crippen LogP contribution is 2.30. The van der Waals surface area contributed by atoms with Crippen molar-refractivity contribution in [2.75, 3.05) is 19.8 Å². The van der Waals surface area contributed by atoms with E-state index in [0.717, 1.165) is 44.9 Å². The van der Waals surface area contributed by atoms with Crippen molar-refractivity contribution in [1.82, 2.24) is 5.32 Å². The summed E-state index contributed by atoms with van der Waals surface area (Å²) in [5.41, 5.74) is 0. The van der Waals surface area contributed by atoms with Crippen molar-refractivity contribution in [2.45, 2.75) is 421 Å². The van der Waals surface area contributed by atoms with Crippen LogP contribution in [0.5, 0.6) is 0 Å². The molecule has 0 saturated carbocycles. The lowest BCUT2D eigenvalue weighted by Crippen LogP contribution is -2.65. The molecule has 12 atom stereocenters. The number of aliphatic hydroxyl groups is 8. The summed E-state index contributed by atoms with van der Waals surface area (Å²) in [7, 11) is 0. The zero-order chi connectivity index (χ0) is 65.2. The minimum atomic E-state index is -1.79. The van der Waals surface area contributed by atoms with Crippen molar-refractivity contribution in [3.63, 3.8) is 0 Å². The standard InChI is InChI=1S/C76H143NO13/c1-3-5-7-9-11-13-15-17-19-21-23-25-27-29-31-32-34-36-38-40-42-44-46-48-50-52-54-56-58-60-68(81)77-64(63-87-75-73(86)71(84)74(67(62-79)89-75)90-76-72(85)70(83)69(82)66(61-78)88-76)65(80)59-57-55-53-51-49-47-45-43-41-39-37-35-33-30-28-26-24-22-20-18-16-14-12-10-8-6-4-2/h41,43,49,51,57,59,64-67,69-76,78-80,82-86H,3-40,42,44-48,50,52-56,58,60-63H2,1-2H3,(H,77,81)/b43-41+,51-49+,59-57+. The Labute approximate surface area is 551 Å². The fourth-order valence-electron chi connectivity index (χ4n) is 12.7. The first-order valence-corrected chi connectivity index (χ1v) is 38.2. The number of hydrogen-bond donors (Lipinski definition) is 9. The van der Waals surface area contributed by atoms with Crippen LogP contribution < -0.4 is 5.32 Å². The summed E-state index contributed by atoms with van der Waals surface area (Å²) < 4.78 is 22.9. The number of unbranched alkanes of at least 4 members (excludes halogenated alkanes) is 47. The molecule has 1 amide bonds. The molecule has 14 heteroatoms. The van der Waals surface area contributed by atoms with Gasteiger partial charge in [0.05, 0.1) is 32.0 Å². The van der Waals surface area contributed by atoms with E-state index in [1.165, 1.54) is 270 Å². The summed E-state index contributed by atoms with van der Waals surface area (Å²) >= 11 is 0. The lowest BCUT2D eigenvalue weighted by molar-refractivity contribution is -0.359. The lowest BCUT2D eigenvalue weighted by Gasteiger charge is -2.46. The molecule has 2 aliphatic heterocycles. The largest absolute Gasteiger partial charge is 0.394 e. The average Bonchev–Trinajstić information content (AvgIpc) is 1.26. The van der Waals surface area contributed by atoms with Crippen LogP contribution in [0.3, 0.4) is 0 Å². The van der Waals surface area contributed by atoms with Crippen LogP contribution in [0.1, 0.15) is 348 Å². The van der Waals surface area contributed by atoms with E-state index in [9.17, 15) is 45.6 Å². The Balaban J connectivity index is 1.66. The van der Waals surface area contributed by atoms with E-state index in [0.29, 0.717) is 12.8 Å². The Kier molecular flexibility index (Phi) is 57.0. The van der Waals surface area contributed by atoms with E-state index < -0.39 is 86.8 Å². The number of aliphatic hydroxyl groups excluding tert-OH is 8. The number of carbonyl (C=O) groups excluding carboxylic acids is 1. The maximum absolute atomic E-state index is 13.4. The number of rotatable bonds is 64. The van der Waals surface area contributed by atoms with Gasteiger partial charge in [0.1, 0.15) is 48.8 Å². The predicted octanol–water partition coefficient (Wildman–Crippen LogP) is 16.5. The zero-order valence-corrected chi connectivity index (χ0v) is 57.9. The van der Waals surface area contributed by atoms with Crippen LogP contribution in [0.2, 0.25) is 0 Å². The third kappa shape index (κ3) is 44.0. The van der Waals surface area contributed by atoms with Crippen LogP contribution in [0.25, 0.3) is 0 Å². The fraction of sp³-hybridized carbons (Fsp3) is 0.908. The number of carbonyl (C=O) groups is 1. The Hall–Kier alpha value is -1.79. The quantitative estimate of drug-likeness (QED) is 0.0204. The molecular weight excluding hydrogens is 1130 g/mol. The van der Waals surface area contributed by atoms with Crippen molar-refractivity contribution >= 4 is 5.91 Å². The van der Waals surface area contributed by atoms with Gasteiger partial charge < -0.3 is 65.1 Å². The van der Waals surface area contributed by atoms with Gasteiger partial charge in [-0.2, -0.15) is 0 Å². The third-order valence-electron chi connectivity index (χ3n) is 18.8. The highest BCUT2D eigenvalue weighted by Gasteiger charge is 2.51. The molecule has 12 unspecified atom stereocenters. The third-order valence-corrected chi connectivity index (χ3v) is 18.8. The molecule has 0 aromatic carbocycles. The van der Waals surface area contributed by atoms with Gasteiger partial charge in [0.15, 0.2) is 12.6 Å². The van der Waals surface area contributed by atoms with Crippen molar-refractivity contribution in [2.24, 2.45) is 0 Å². The van der Waals surface area contributed by atoms with E-state index in [4.69, 9.17) is 18.9 Å². The summed E-state index contributed by atoms with van der Waals surface area (Å²) in [6.07, 6.45) is 62.3. The van der Waals surface area contributed by atoms with Crippen molar-refractivity contribution in [3.8, 4) is 0 Å². The number of allylic oxidation sites excluding steroid dienone is 5. The van der Waals surface area contributed by atoms with Crippen LogP contribution in [0, 0.1) is 0 Å². The minimum absolute atomic E-state index is 0.246. The first kappa shape index (κ1) is 84.3. The number of amides is 1. The van der Waals surface area contributed by atoms with Crippen molar-refractivity contribution < 1.29 is 64.6 Å². The van der Waals surface area contributed by atoms with Gasteiger partial charge >= 0.3 is 0 Å². The molecule has 2 fully saturated rings. The second-order valence-corrected chi connectivity index (χ2v) is 27.1. The van der Waals surface area contributed by atoms with Crippen LogP contribution in [0.15, 0.2) is 36.5 Å². The van der Waals surface area contributed by atoms with Gasteiger partial charge in [-0.15, -0.1) is 0 Å². The SMILES string of the molecule is CCCCCCCCCCCCCCCCCCC/C=C/CC/C=C/CC/C=C/C(O)C(COC1OC(CO)C(OC2OC(CO)C(O)C(O)C2O)C(O)C1O)NC(=O)CCCCCCCCCCCCCCCCCCCCCCCCCCCCCCC. The summed E-state index contributed by atoms with van der Waals surface area (Å²) in [4.78, 5) is 13.4. The molecule has 0 bridgehead atoms. The van der Waals surface area contributed by atoms with Crippen LogP contribution in [0.4, 0.5) is 0 Å². The molecule has 530 valence electrons. The molecule has 0 aromatic rings. The molecule has 14 nitrogen and oxygen atoms in total. The fourth-order valence-corrected chi connectivity index (χ4v) is 12.7. The highest BCUT2D eigenvalue weighted by molar-refractivity contribution is 5.76. The van der Waals surface area contributed by atoms with Crippen LogP contribution >= 0.6 is 0 Å². The van der Waals surface area contributed by atoms with Gasteiger partial charge in [-0.1, -0.05) is 333 Å². The Morgan fingerprint density at radius 3 is 1.09 bits per heavy atom. The van der Waals surface area contributed by atoms with Crippen molar-refractivity contribution in [3.05, 3.63) is 36.5 Å². The number of hydrogen-bond acceptors (Lipinski definition) is 13. The average molecular weight is 1280 g/mol. The lowest BCUT2D eigenvalue weighted by atomic mass is 9.97. The molecule has 2 rings (SSSR count). The monoisotopic (exact) mass is 1280 g/mol. The second-order valence-electron chi connectivity index (χ2n) is 27.1. The van der Waals surface area contributed by atoms with Gasteiger partial charge in [0.2, 0.25) is 5.91 Å². The molecule has 2 heterocycles. The minimum Gasteiger partial charge on any atom is -0.394 e. The smallest absolute Gasteiger partial charge is 0.220 e. The van der Waals surface area contributed by atoms with Gasteiger partial charge in [-0.25, -0.2) is 0 Å². The molecule has 2 aliphatic rings. The first-order chi connectivity index (χ1) is 44.1. The van der Waals surface area contributed by atoms with Gasteiger partial charge in [0, 0.05) is 6.42 Å². The number of nitrogens with one attached hydrogen (secondary N) is 1. The maximum Gasteiger partial charge on any atom is 0.220 e. The topological polar surface area (TPSA) is 228 Å². The molecule has 9 N–H and O–H groups in total. The zero-order valence-electron chi connectivity index (χ0n) is 57.9. The summed E-state index contributed by atoms with van der Waals surface area (Å²) in [5.74, 6) is -0.246. The first-order valence-electron chi connectivity index (χ1n) is 38.2. The van der Waals surface area contributed by atoms with Gasteiger partial charge in [-0.05, 0) is 44.9 Å².